The first kappa shape index (κ1) is 10.0. The number of nitrogens with zero attached hydrogens (tertiary/aromatic N) is 2. The number of likely N-dealkylation sites (tertiary alicyclic amines) is 1. The normalized spacial score (nSPS) is 17.2. The van der Waals surface area contributed by atoms with E-state index in [4.69, 9.17) is 0 Å². The van der Waals surface area contributed by atoms with Crippen LogP contribution in [0.3, 0.4) is 0 Å². The lowest BCUT2D eigenvalue weighted by molar-refractivity contribution is 0.214. The van der Waals surface area contributed by atoms with Gasteiger partial charge in [-0.15, -0.1) is 0 Å². The van der Waals surface area contributed by atoms with E-state index in [1.54, 1.807) is 12.4 Å². The zero-order chi connectivity index (χ0) is 10.5. The average Bonchev–Trinajstić information content (AvgIpc) is 2.58. The van der Waals surface area contributed by atoms with Gasteiger partial charge in [-0.3, -0.25) is 5.10 Å². The number of aromatic amines is 1. The molecule has 1 aliphatic heterocycles. The molecule has 0 aliphatic carbocycles. The van der Waals surface area contributed by atoms with Gasteiger partial charge in [0.15, 0.2) is 0 Å². The molecule has 0 unspecified atom stereocenters. The zero-order valence-electron chi connectivity index (χ0n) is 8.70. The maximum absolute atomic E-state index is 11.8. The third kappa shape index (κ3) is 2.71. The van der Waals surface area contributed by atoms with E-state index < -0.39 is 0 Å². The highest BCUT2D eigenvalue weighted by Gasteiger charge is 2.15. The molecular weight excluding hydrogens is 192 g/mol. The van der Waals surface area contributed by atoms with Crippen molar-refractivity contribution in [2.75, 3.05) is 18.4 Å². The Bertz CT molecular complexity index is 301. The Kier molecular flexibility index (Phi) is 3.22. The average molecular weight is 208 g/mol. The molecule has 1 aliphatic rings. The second-order valence-corrected chi connectivity index (χ2v) is 3.82. The maximum atomic E-state index is 11.8. The molecule has 0 radical (unpaired) electrons. The standard InChI is InChI=1S/C10H16N4O/c15-10(13-9-7-11-12-8-9)14-5-3-1-2-4-6-14/h7-8H,1-6H2,(H,11,12)(H,13,15). The predicted octanol–water partition coefficient (Wildman–Crippen LogP) is 1.82. The number of anilines is 1. The van der Waals surface area contributed by atoms with Gasteiger partial charge in [-0.05, 0) is 12.8 Å². The Hall–Kier alpha value is -1.52. The van der Waals surface area contributed by atoms with Gasteiger partial charge in [-0.25, -0.2) is 4.79 Å². The van der Waals surface area contributed by atoms with Crippen molar-refractivity contribution in [3.05, 3.63) is 12.4 Å². The summed E-state index contributed by atoms with van der Waals surface area (Å²) in [6.07, 6.45) is 7.97. The number of H-pyrrole nitrogens is 1. The highest BCUT2D eigenvalue weighted by atomic mass is 16.2. The number of nitrogens with one attached hydrogen (secondary N) is 2. The topological polar surface area (TPSA) is 61.0 Å². The van der Waals surface area contributed by atoms with Crippen LogP contribution >= 0.6 is 0 Å². The summed E-state index contributed by atoms with van der Waals surface area (Å²) < 4.78 is 0. The fraction of sp³-hybridized carbons (Fsp3) is 0.600. The van der Waals surface area contributed by atoms with Crippen LogP contribution in [0.15, 0.2) is 12.4 Å². The van der Waals surface area contributed by atoms with Crippen molar-refractivity contribution in [3.8, 4) is 0 Å². The van der Waals surface area contributed by atoms with E-state index in [-0.39, 0.29) is 6.03 Å². The third-order valence-electron chi connectivity index (χ3n) is 2.64. The van der Waals surface area contributed by atoms with Crippen LogP contribution in [0.1, 0.15) is 25.7 Å². The molecule has 82 valence electrons. The summed E-state index contributed by atoms with van der Waals surface area (Å²) in [5.41, 5.74) is 0.726. The van der Waals surface area contributed by atoms with Gasteiger partial charge in [0.05, 0.1) is 11.9 Å². The van der Waals surface area contributed by atoms with Crippen molar-refractivity contribution < 1.29 is 4.79 Å². The molecule has 15 heavy (non-hydrogen) atoms. The van der Waals surface area contributed by atoms with Gasteiger partial charge in [0.25, 0.3) is 0 Å². The first-order valence-electron chi connectivity index (χ1n) is 5.41. The molecule has 0 bridgehead atoms. The van der Waals surface area contributed by atoms with Crippen molar-refractivity contribution in [1.29, 1.82) is 0 Å². The molecule has 0 saturated carbocycles. The van der Waals surface area contributed by atoms with Crippen LogP contribution in [0.4, 0.5) is 10.5 Å². The first-order chi connectivity index (χ1) is 7.36. The number of aromatic nitrogens is 2. The fourth-order valence-electron chi connectivity index (χ4n) is 1.80. The van der Waals surface area contributed by atoms with Gasteiger partial charge in [0.1, 0.15) is 0 Å². The SMILES string of the molecule is O=C(Nc1cn[nH]c1)N1CCCCCC1. The minimum absolute atomic E-state index is 0.0155. The summed E-state index contributed by atoms with van der Waals surface area (Å²) in [6, 6.07) is -0.0155. The Morgan fingerprint density at radius 2 is 2.07 bits per heavy atom. The molecule has 5 nitrogen and oxygen atoms in total. The monoisotopic (exact) mass is 208 g/mol. The van der Waals surface area contributed by atoms with Crippen LogP contribution in [0.2, 0.25) is 0 Å². The van der Waals surface area contributed by atoms with Crippen LogP contribution in [-0.4, -0.2) is 34.2 Å². The quantitative estimate of drug-likeness (QED) is 0.739. The summed E-state index contributed by atoms with van der Waals surface area (Å²) >= 11 is 0. The van der Waals surface area contributed by atoms with E-state index in [1.807, 2.05) is 4.90 Å². The Labute approximate surface area is 88.8 Å². The van der Waals surface area contributed by atoms with Crippen molar-refractivity contribution in [2.45, 2.75) is 25.7 Å². The lowest BCUT2D eigenvalue weighted by Crippen LogP contribution is -2.35. The molecule has 2 rings (SSSR count). The minimum atomic E-state index is -0.0155. The summed E-state index contributed by atoms with van der Waals surface area (Å²) in [6.45, 7) is 1.73. The second kappa shape index (κ2) is 4.82. The Morgan fingerprint density at radius 1 is 1.33 bits per heavy atom. The Balaban J connectivity index is 1.89. The van der Waals surface area contributed by atoms with Gasteiger partial charge in [-0.1, -0.05) is 12.8 Å². The molecule has 0 aromatic carbocycles. The Morgan fingerprint density at radius 3 is 2.67 bits per heavy atom. The van der Waals surface area contributed by atoms with Crippen molar-refractivity contribution >= 4 is 11.7 Å². The number of rotatable bonds is 1. The lowest BCUT2D eigenvalue weighted by atomic mass is 10.2. The molecule has 1 fully saturated rings. The first-order valence-corrected chi connectivity index (χ1v) is 5.41. The molecule has 1 aromatic rings. The third-order valence-corrected chi connectivity index (χ3v) is 2.64. The van der Waals surface area contributed by atoms with Crippen LogP contribution in [0.5, 0.6) is 0 Å². The molecule has 1 aromatic heterocycles. The molecule has 5 heteroatoms. The number of carbonyl (C=O) groups is 1. The van der Waals surface area contributed by atoms with E-state index in [0.29, 0.717) is 0 Å². The smallest absolute Gasteiger partial charge is 0.321 e. The lowest BCUT2D eigenvalue weighted by Gasteiger charge is -2.19. The van der Waals surface area contributed by atoms with Gasteiger partial charge >= 0.3 is 6.03 Å². The van der Waals surface area contributed by atoms with E-state index in [2.05, 4.69) is 15.5 Å². The van der Waals surface area contributed by atoms with Crippen molar-refractivity contribution in [2.24, 2.45) is 0 Å². The number of urea groups is 1. The summed E-state index contributed by atoms with van der Waals surface area (Å²) in [5, 5.41) is 9.26. The van der Waals surface area contributed by atoms with Crippen LogP contribution in [0.25, 0.3) is 0 Å². The van der Waals surface area contributed by atoms with Crippen LogP contribution in [-0.2, 0) is 0 Å². The minimum Gasteiger partial charge on any atom is -0.325 e. The van der Waals surface area contributed by atoms with E-state index in [0.717, 1.165) is 31.6 Å². The largest absolute Gasteiger partial charge is 0.325 e. The molecule has 1 saturated heterocycles. The summed E-state index contributed by atoms with van der Waals surface area (Å²) in [5.74, 6) is 0. The van der Waals surface area contributed by atoms with E-state index in [9.17, 15) is 4.79 Å². The van der Waals surface area contributed by atoms with Crippen LogP contribution in [0, 0.1) is 0 Å². The highest BCUT2D eigenvalue weighted by Crippen LogP contribution is 2.11. The summed E-state index contributed by atoms with van der Waals surface area (Å²) in [7, 11) is 0. The van der Waals surface area contributed by atoms with Gasteiger partial charge in [0, 0.05) is 19.3 Å². The number of hydrogen-bond donors (Lipinski definition) is 2. The van der Waals surface area contributed by atoms with Gasteiger partial charge < -0.3 is 10.2 Å². The number of amides is 2. The van der Waals surface area contributed by atoms with Crippen molar-refractivity contribution in [1.82, 2.24) is 15.1 Å². The molecular formula is C10H16N4O. The number of carbonyl (C=O) groups excluding carboxylic acids is 1. The zero-order valence-corrected chi connectivity index (χ0v) is 8.70. The second-order valence-electron chi connectivity index (χ2n) is 3.82. The summed E-state index contributed by atoms with van der Waals surface area (Å²) in [4.78, 5) is 13.7. The molecule has 2 N–H and O–H groups in total. The van der Waals surface area contributed by atoms with E-state index in [1.165, 1.54) is 12.8 Å². The van der Waals surface area contributed by atoms with Gasteiger partial charge in [-0.2, -0.15) is 5.10 Å². The molecule has 0 atom stereocenters. The van der Waals surface area contributed by atoms with Gasteiger partial charge in [0.2, 0.25) is 0 Å². The number of hydrogen-bond acceptors (Lipinski definition) is 2. The molecule has 2 heterocycles. The highest BCUT2D eigenvalue weighted by molar-refractivity contribution is 5.88. The predicted molar refractivity (Wildman–Crippen MR) is 57.6 cm³/mol. The van der Waals surface area contributed by atoms with Crippen molar-refractivity contribution in [3.63, 3.8) is 0 Å². The van der Waals surface area contributed by atoms with Crippen LogP contribution < -0.4 is 5.32 Å². The molecule has 2 amide bonds. The maximum Gasteiger partial charge on any atom is 0.321 e. The fourth-order valence-corrected chi connectivity index (χ4v) is 1.80. The molecule has 0 spiro atoms. The van der Waals surface area contributed by atoms with E-state index >= 15 is 0 Å².